The number of aryl methyl sites for hydroxylation is 1. The molecule has 3 rings (SSSR count). The molecule has 2 N–H and O–H groups in total. The number of H-pyrrole nitrogens is 1. The highest BCUT2D eigenvalue weighted by molar-refractivity contribution is 5.61. The smallest absolute Gasteiger partial charge is 0.204 e. The van der Waals surface area contributed by atoms with E-state index < -0.39 is 0 Å². The van der Waals surface area contributed by atoms with E-state index in [4.69, 9.17) is 0 Å². The van der Waals surface area contributed by atoms with E-state index in [9.17, 15) is 0 Å². The first kappa shape index (κ1) is 11.4. The molecule has 0 unspecified atom stereocenters. The van der Waals surface area contributed by atoms with Gasteiger partial charge in [0.15, 0.2) is 0 Å². The van der Waals surface area contributed by atoms with Crippen LogP contribution < -0.4 is 5.32 Å². The highest BCUT2D eigenvalue weighted by Crippen LogP contribution is 2.18. The number of hydrogen-bond donors (Lipinski definition) is 2. The van der Waals surface area contributed by atoms with E-state index in [2.05, 4.69) is 31.0 Å². The van der Waals surface area contributed by atoms with Gasteiger partial charge >= 0.3 is 0 Å². The van der Waals surface area contributed by atoms with Gasteiger partial charge in [0.1, 0.15) is 0 Å². The van der Waals surface area contributed by atoms with Crippen LogP contribution in [-0.4, -0.2) is 30.4 Å². The van der Waals surface area contributed by atoms with E-state index in [0.29, 0.717) is 12.4 Å². The number of nitrogens with one attached hydrogen (secondary N) is 2. The van der Waals surface area contributed by atoms with Gasteiger partial charge in [-0.1, -0.05) is 12.1 Å². The Morgan fingerprint density at radius 2 is 2.26 bits per heavy atom. The van der Waals surface area contributed by atoms with Crippen molar-refractivity contribution in [1.29, 1.82) is 0 Å². The van der Waals surface area contributed by atoms with Gasteiger partial charge in [0.2, 0.25) is 5.82 Å². The number of benzene rings is 1. The van der Waals surface area contributed by atoms with Crippen LogP contribution in [0, 0.1) is 0 Å². The van der Waals surface area contributed by atoms with Gasteiger partial charge in [0, 0.05) is 24.5 Å². The minimum Gasteiger partial charge on any atom is -0.379 e. The molecule has 7 nitrogen and oxygen atoms in total. The van der Waals surface area contributed by atoms with E-state index in [0.717, 1.165) is 16.9 Å². The Morgan fingerprint density at radius 3 is 3.00 bits per heavy atom. The lowest BCUT2D eigenvalue weighted by Gasteiger charge is -2.07. The molecule has 0 radical (unpaired) electrons. The van der Waals surface area contributed by atoms with Crippen LogP contribution in [0.3, 0.4) is 0 Å². The fourth-order valence-corrected chi connectivity index (χ4v) is 1.82. The van der Waals surface area contributed by atoms with Crippen LogP contribution in [-0.2, 0) is 13.6 Å². The van der Waals surface area contributed by atoms with Crippen LogP contribution >= 0.6 is 0 Å². The first-order valence-corrected chi connectivity index (χ1v) is 5.87. The molecule has 0 aliphatic heterocycles. The SMILES string of the molecule is Cn1nccc1CNc1cccc(-c2nn[nH]n2)c1. The van der Waals surface area contributed by atoms with Crippen LogP contribution in [0.2, 0.25) is 0 Å². The molecule has 0 saturated carbocycles. The Kier molecular flexibility index (Phi) is 2.93. The number of hydrogen-bond acceptors (Lipinski definition) is 5. The molecule has 0 fully saturated rings. The first-order valence-electron chi connectivity index (χ1n) is 5.87. The van der Waals surface area contributed by atoms with Crippen LogP contribution in [0.1, 0.15) is 5.69 Å². The van der Waals surface area contributed by atoms with Crippen molar-refractivity contribution in [2.75, 3.05) is 5.32 Å². The summed E-state index contributed by atoms with van der Waals surface area (Å²) >= 11 is 0. The minimum atomic E-state index is 0.587. The Labute approximate surface area is 109 Å². The molecule has 0 aliphatic rings. The largest absolute Gasteiger partial charge is 0.379 e. The number of aromatic amines is 1. The number of aromatic nitrogens is 6. The molecule has 2 heterocycles. The normalized spacial score (nSPS) is 10.6. The van der Waals surface area contributed by atoms with E-state index >= 15 is 0 Å². The predicted octanol–water partition coefficient (Wildman–Crippen LogP) is 1.21. The molecular weight excluding hydrogens is 242 g/mol. The summed E-state index contributed by atoms with van der Waals surface area (Å²) in [4.78, 5) is 0. The quantitative estimate of drug-likeness (QED) is 0.732. The summed E-state index contributed by atoms with van der Waals surface area (Å²) in [7, 11) is 1.92. The summed E-state index contributed by atoms with van der Waals surface area (Å²) in [6, 6.07) is 9.87. The molecule has 0 atom stereocenters. The van der Waals surface area contributed by atoms with Crippen molar-refractivity contribution in [1.82, 2.24) is 30.4 Å². The average molecular weight is 255 g/mol. The second kappa shape index (κ2) is 4.89. The van der Waals surface area contributed by atoms with Gasteiger partial charge in [-0.25, -0.2) is 0 Å². The maximum absolute atomic E-state index is 4.13. The zero-order valence-corrected chi connectivity index (χ0v) is 10.4. The van der Waals surface area contributed by atoms with Crippen molar-refractivity contribution in [2.45, 2.75) is 6.54 Å². The zero-order valence-electron chi connectivity index (χ0n) is 10.4. The lowest BCUT2D eigenvalue weighted by molar-refractivity contribution is 0.720. The number of anilines is 1. The Morgan fingerprint density at radius 1 is 1.32 bits per heavy atom. The summed E-state index contributed by atoms with van der Waals surface area (Å²) in [5.74, 6) is 0.587. The van der Waals surface area contributed by atoms with E-state index in [1.807, 2.05) is 42.1 Å². The predicted molar refractivity (Wildman–Crippen MR) is 70.1 cm³/mol. The van der Waals surface area contributed by atoms with Crippen LogP contribution in [0.5, 0.6) is 0 Å². The van der Waals surface area contributed by atoms with E-state index in [1.54, 1.807) is 6.20 Å². The highest BCUT2D eigenvalue weighted by Gasteiger charge is 2.04. The molecule has 7 heteroatoms. The van der Waals surface area contributed by atoms with Gasteiger partial charge in [-0.05, 0) is 23.4 Å². The van der Waals surface area contributed by atoms with Crippen molar-refractivity contribution in [3.05, 3.63) is 42.2 Å². The Bertz CT molecular complexity index is 656. The topological polar surface area (TPSA) is 84.3 Å². The monoisotopic (exact) mass is 255 g/mol. The minimum absolute atomic E-state index is 0.587. The molecule has 0 aliphatic carbocycles. The first-order chi connectivity index (χ1) is 9.33. The zero-order chi connectivity index (χ0) is 13.1. The van der Waals surface area contributed by atoms with Gasteiger partial charge < -0.3 is 5.32 Å². The lowest BCUT2D eigenvalue weighted by atomic mass is 10.2. The van der Waals surface area contributed by atoms with Crippen LogP contribution in [0.15, 0.2) is 36.5 Å². The molecule has 1 aromatic carbocycles. The Hall–Kier alpha value is -2.70. The van der Waals surface area contributed by atoms with Gasteiger partial charge in [0.25, 0.3) is 0 Å². The van der Waals surface area contributed by atoms with Crippen molar-refractivity contribution in [2.24, 2.45) is 7.05 Å². The summed E-state index contributed by atoms with van der Waals surface area (Å²) in [6.45, 7) is 0.714. The third-order valence-corrected chi connectivity index (χ3v) is 2.86. The summed E-state index contributed by atoms with van der Waals surface area (Å²) in [6.07, 6.45) is 1.78. The number of tetrazole rings is 1. The van der Waals surface area contributed by atoms with E-state index in [1.165, 1.54) is 0 Å². The van der Waals surface area contributed by atoms with E-state index in [-0.39, 0.29) is 0 Å². The van der Waals surface area contributed by atoms with Gasteiger partial charge in [-0.15, -0.1) is 10.2 Å². The summed E-state index contributed by atoms with van der Waals surface area (Å²) in [5.41, 5.74) is 3.04. The lowest BCUT2D eigenvalue weighted by Crippen LogP contribution is -2.05. The molecule has 2 aromatic heterocycles. The fourth-order valence-electron chi connectivity index (χ4n) is 1.82. The number of rotatable bonds is 4. The van der Waals surface area contributed by atoms with Crippen molar-refractivity contribution in [3.8, 4) is 11.4 Å². The van der Waals surface area contributed by atoms with Gasteiger partial charge in [-0.2, -0.15) is 10.3 Å². The molecule has 19 heavy (non-hydrogen) atoms. The summed E-state index contributed by atoms with van der Waals surface area (Å²) in [5, 5.41) is 21.4. The molecule has 3 aromatic rings. The average Bonchev–Trinajstić information content (AvgIpc) is 3.08. The number of nitrogens with zero attached hydrogens (tertiary/aromatic N) is 5. The maximum atomic E-state index is 4.13. The van der Waals surface area contributed by atoms with Gasteiger partial charge in [0.05, 0.1) is 12.2 Å². The van der Waals surface area contributed by atoms with Crippen LogP contribution in [0.4, 0.5) is 5.69 Å². The second-order valence-electron chi connectivity index (χ2n) is 4.12. The third-order valence-electron chi connectivity index (χ3n) is 2.86. The standard InChI is InChI=1S/C12H13N7/c1-19-11(5-6-14-19)8-13-10-4-2-3-9(7-10)12-15-17-18-16-12/h2-7,13H,8H2,1H3,(H,15,16,17,18). The molecular formula is C12H13N7. The molecule has 96 valence electrons. The highest BCUT2D eigenvalue weighted by atomic mass is 15.5. The second-order valence-corrected chi connectivity index (χ2v) is 4.12. The Balaban J connectivity index is 1.75. The van der Waals surface area contributed by atoms with Crippen molar-refractivity contribution in [3.63, 3.8) is 0 Å². The van der Waals surface area contributed by atoms with Crippen molar-refractivity contribution < 1.29 is 0 Å². The van der Waals surface area contributed by atoms with Gasteiger partial charge in [-0.3, -0.25) is 4.68 Å². The molecule has 0 saturated heterocycles. The van der Waals surface area contributed by atoms with Crippen molar-refractivity contribution >= 4 is 5.69 Å². The fraction of sp³-hybridized carbons (Fsp3) is 0.167. The summed E-state index contributed by atoms with van der Waals surface area (Å²) < 4.78 is 1.84. The molecule has 0 spiro atoms. The molecule has 0 bridgehead atoms. The molecule has 0 amide bonds. The van der Waals surface area contributed by atoms with Crippen LogP contribution in [0.25, 0.3) is 11.4 Å². The third kappa shape index (κ3) is 2.44. The maximum Gasteiger partial charge on any atom is 0.204 e.